The third kappa shape index (κ3) is 4.81. The number of anilines is 2. The van der Waals surface area contributed by atoms with Crippen LogP contribution in [0, 0.1) is 17.2 Å². The van der Waals surface area contributed by atoms with Crippen molar-refractivity contribution >= 4 is 38.3 Å². The van der Waals surface area contributed by atoms with Crippen LogP contribution >= 0.6 is 0 Å². The molecule has 10 heteroatoms. The van der Waals surface area contributed by atoms with E-state index < -0.39 is 10.0 Å². The first kappa shape index (κ1) is 24.3. The van der Waals surface area contributed by atoms with E-state index >= 15 is 0 Å². The number of benzene rings is 1. The largest absolute Gasteiger partial charge is 0.380 e. The van der Waals surface area contributed by atoms with E-state index in [0.29, 0.717) is 28.8 Å². The Hall–Kier alpha value is -3.42. The van der Waals surface area contributed by atoms with E-state index in [1.165, 1.54) is 10.2 Å². The minimum Gasteiger partial charge on any atom is -0.380 e. The van der Waals surface area contributed by atoms with Gasteiger partial charge in [0, 0.05) is 49.6 Å². The fraction of sp³-hybridized carbons (Fsp3) is 0.423. The molecule has 1 amide bonds. The zero-order chi connectivity index (χ0) is 25.1. The van der Waals surface area contributed by atoms with Crippen molar-refractivity contribution in [3.8, 4) is 6.07 Å². The van der Waals surface area contributed by atoms with Crippen LogP contribution < -0.4 is 10.6 Å². The van der Waals surface area contributed by atoms with Crippen LogP contribution in [0.4, 0.5) is 11.4 Å². The number of fused-ring (bicyclic) bond motifs is 1. The van der Waals surface area contributed by atoms with E-state index in [1.54, 1.807) is 42.6 Å². The second kappa shape index (κ2) is 10.3. The Labute approximate surface area is 211 Å². The van der Waals surface area contributed by atoms with Crippen LogP contribution in [0.3, 0.4) is 0 Å². The van der Waals surface area contributed by atoms with Crippen LogP contribution in [0.5, 0.6) is 0 Å². The molecule has 1 saturated heterocycles. The number of carbonyl (C=O) groups is 1. The van der Waals surface area contributed by atoms with Crippen molar-refractivity contribution in [3.63, 3.8) is 0 Å². The normalized spacial score (nSPS) is 17.4. The Bertz CT molecular complexity index is 1380. The molecule has 0 radical (unpaired) electrons. The fourth-order valence-electron chi connectivity index (χ4n) is 4.83. The number of rotatable bonds is 8. The quantitative estimate of drug-likeness (QED) is 0.477. The van der Waals surface area contributed by atoms with Crippen LogP contribution in [-0.2, 0) is 14.8 Å². The Kier molecular flexibility index (Phi) is 6.94. The Morgan fingerprint density at radius 3 is 2.53 bits per heavy atom. The average molecular weight is 507 g/mol. The van der Waals surface area contributed by atoms with Crippen LogP contribution in [-0.4, -0.2) is 53.9 Å². The predicted octanol–water partition coefficient (Wildman–Crippen LogP) is 3.80. The molecule has 5 rings (SSSR count). The monoisotopic (exact) mass is 506 g/mol. The number of amides is 1. The van der Waals surface area contributed by atoms with E-state index in [1.807, 2.05) is 0 Å². The molecule has 2 aromatic heterocycles. The molecule has 36 heavy (non-hydrogen) atoms. The lowest BCUT2D eigenvalue weighted by molar-refractivity contribution is -0.122. The van der Waals surface area contributed by atoms with Crippen LogP contribution in [0.15, 0.2) is 53.7 Å². The topological polar surface area (TPSA) is 120 Å². The Balaban J connectivity index is 1.47. The maximum atomic E-state index is 13.3. The zero-order valence-corrected chi connectivity index (χ0v) is 20.9. The summed E-state index contributed by atoms with van der Waals surface area (Å²) in [7, 11) is -3.83. The van der Waals surface area contributed by atoms with Gasteiger partial charge in [0.1, 0.15) is 0 Å². The number of carbonyl (C=O) groups excluding carboxylic acids is 1. The number of hydrogen-bond acceptors (Lipinski definition) is 7. The van der Waals surface area contributed by atoms with E-state index in [0.717, 1.165) is 51.7 Å². The van der Waals surface area contributed by atoms with E-state index in [9.17, 15) is 13.2 Å². The number of hydrogen-bond donors (Lipinski definition) is 2. The van der Waals surface area contributed by atoms with Gasteiger partial charge >= 0.3 is 0 Å². The van der Waals surface area contributed by atoms with Crippen molar-refractivity contribution < 1.29 is 13.2 Å². The molecular formula is C26H30N6O3S. The van der Waals surface area contributed by atoms with Gasteiger partial charge in [-0.25, -0.2) is 17.4 Å². The highest BCUT2D eigenvalue weighted by molar-refractivity contribution is 7.90. The van der Waals surface area contributed by atoms with E-state index in [2.05, 4.69) is 26.6 Å². The van der Waals surface area contributed by atoms with Crippen molar-refractivity contribution in [2.45, 2.75) is 49.5 Å². The summed E-state index contributed by atoms with van der Waals surface area (Å²) in [4.78, 5) is 19.7. The number of likely N-dealkylation sites (tertiary alicyclic amines) is 1. The number of aromatic nitrogens is 2. The van der Waals surface area contributed by atoms with E-state index in [4.69, 9.17) is 5.26 Å². The van der Waals surface area contributed by atoms with Gasteiger partial charge in [-0.1, -0.05) is 24.6 Å². The minimum atomic E-state index is -3.83. The van der Waals surface area contributed by atoms with Crippen LogP contribution in [0.25, 0.3) is 11.0 Å². The summed E-state index contributed by atoms with van der Waals surface area (Å²) < 4.78 is 27.9. The summed E-state index contributed by atoms with van der Waals surface area (Å²) in [5.41, 5.74) is 1.58. The molecule has 188 valence electrons. The molecule has 0 bridgehead atoms. The molecule has 0 unspecified atom stereocenters. The standard InChI is InChI=1S/C26H30N6O3S/c27-13-5-14-31-15-10-20(11-16-31)29-24-22-12-17-32(36(34,35)21-8-2-1-3-9-21)25(22)28-18-23(24)30-26(33)19-6-4-7-19/h1-3,8-9,12,17-20H,4-7,10-11,14-16H2,(H,28,29)(H,30,33). The van der Waals surface area contributed by atoms with Crippen molar-refractivity contribution in [2.75, 3.05) is 30.3 Å². The molecule has 9 nitrogen and oxygen atoms in total. The van der Waals surface area contributed by atoms with Crippen LogP contribution in [0.1, 0.15) is 38.5 Å². The molecule has 1 aromatic carbocycles. The maximum Gasteiger partial charge on any atom is 0.269 e. The van der Waals surface area contributed by atoms with E-state index in [-0.39, 0.29) is 22.8 Å². The first-order chi connectivity index (χ1) is 17.5. The minimum absolute atomic E-state index is 0.0139. The molecule has 3 heterocycles. The summed E-state index contributed by atoms with van der Waals surface area (Å²) in [6.45, 7) is 2.52. The molecule has 1 saturated carbocycles. The molecule has 3 aromatic rings. The highest BCUT2D eigenvalue weighted by Gasteiger charge is 2.28. The van der Waals surface area contributed by atoms with Gasteiger partial charge in [0.15, 0.2) is 5.65 Å². The molecule has 0 spiro atoms. The second-order valence-corrected chi connectivity index (χ2v) is 11.3. The molecule has 2 fully saturated rings. The average Bonchev–Trinajstić information content (AvgIpc) is 3.30. The van der Waals surface area contributed by atoms with Crippen LogP contribution in [0.2, 0.25) is 0 Å². The summed E-state index contributed by atoms with van der Waals surface area (Å²) in [6, 6.07) is 12.4. The molecule has 2 N–H and O–H groups in total. The van der Waals surface area contributed by atoms with Gasteiger partial charge in [-0.15, -0.1) is 0 Å². The summed E-state index contributed by atoms with van der Waals surface area (Å²) >= 11 is 0. The Morgan fingerprint density at radius 2 is 1.86 bits per heavy atom. The highest BCUT2D eigenvalue weighted by Crippen LogP contribution is 2.35. The number of piperidine rings is 1. The molecule has 1 aliphatic heterocycles. The number of nitriles is 1. The molecule has 1 aliphatic carbocycles. The van der Waals surface area contributed by atoms with Gasteiger partial charge in [0.2, 0.25) is 5.91 Å². The fourth-order valence-corrected chi connectivity index (χ4v) is 6.15. The first-order valence-corrected chi connectivity index (χ1v) is 13.9. The van der Waals surface area contributed by atoms with Crippen molar-refractivity contribution in [1.82, 2.24) is 13.9 Å². The zero-order valence-electron chi connectivity index (χ0n) is 20.1. The first-order valence-electron chi connectivity index (χ1n) is 12.4. The highest BCUT2D eigenvalue weighted by atomic mass is 32.2. The summed E-state index contributed by atoms with van der Waals surface area (Å²) in [6.07, 6.45) is 8.19. The lowest BCUT2D eigenvalue weighted by Gasteiger charge is -2.33. The Morgan fingerprint density at radius 1 is 1.11 bits per heavy atom. The van der Waals surface area contributed by atoms with Gasteiger partial charge in [0.25, 0.3) is 10.0 Å². The summed E-state index contributed by atoms with van der Waals surface area (Å²) in [5, 5.41) is 16.2. The SMILES string of the molecule is N#CCCN1CCC(Nc2c(NC(=O)C3CCC3)cnc3c2ccn3S(=O)(=O)c2ccccc2)CC1. The van der Waals surface area contributed by atoms with Crippen molar-refractivity contribution in [2.24, 2.45) is 5.92 Å². The smallest absolute Gasteiger partial charge is 0.269 e. The molecule has 2 aliphatic rings. The van der Waals surface area contributed by atoms with Crippen molar-refractivity contribution in [3.05, 3.63) is 48.8 Å². The van der Waals surface area contributed by atoms with Gasteiger partial charge in [-0.3, -0.25) is 4.79 Å². The third-order valence-corrected chi connectivity index (χ3v) is 8.87. The lowest BCUT2D eigenvalue weighted by atomic mass is 9.85. The van der Waals surface area contributed by atoms with Gasteiger partial charge in [-0.2, -0.15) is 5.26 Å². The number of nitrogens with one attached hydrogen (secondary N) is 2. The summed E-state index contributed by atoms with van der Waals surface area (Å²) in [5.74, 6) is -0.00640. The third-order valence-electron chi connectivity index (χ3n) is 7.19. The second-order valence-electron chi connectivity index (χ2n) is 9.50. The molecular weight excluding hydrogens is 476 g/mol. The van der Waals surface area contributed by atoms with Gasteiger partial charge in [-0.05, 0) is 43.9 Å². The van der Waals surface area contributed by atoms with Gasteiger partial charge < -0.3 is 15.5 Å². The van der Waals surface area contributed by atoms with Gasteiger partial charge in [0.05, 0.1) is 28.5 Å². The number of pyridine rings is 1. The maximum absolute atomic E-state index is 13.3. The van der Waals surface area contributed by atoms with Crippen molar-refractivity contribution in [1.29, 1.82) is 5.26 Å². The lowest BCUT2D eigenvalue weighted by Crippen LogP contribution is -2.39. The number of nitrogens with zero attached hydrogens (tertiary/aromatic N) is 4. The molecule has 0 atom stereocenters. The predicted molar refractivity (Wildman–Crippen MR) is 138 cm³/mol.